The predicted octanol–water partition coefficient (Wildman–Crippen LogP) is 3.02. The highest BCUT2D eigenvalue weighted by Crippen LogP contribution is 2.12. The summed E-state index contributed by atoms with van der Waals surface area (Å²) >= 11 is 0. The smallest absolute Gasteiger partial charge is 0.0414 e. The Morgan fingerprint density at radius 2 is 1.83 bits per heavy atom. The van der Waals surface area contributed by atoms with Gasteiger partial charge in [0.05, 0.1) is 0 Å². The molecule has 0 atom stereocenters. The summed E-state index contributed by atoms with van der Waals surface area (Å²) in [6.45, 7) is 6.15. The summed E-state index contributed by atoms with van der Waals surface area (Å²) in [5.41, 5.74) is 3.00. The fourth-order valence-electron chi connectivity index (χ4n) is 1.19. The highest BCUT2D eigenvalue weighted by Gasteiger charge is 2.07. The molecule has 0 saturated carbocycles. The molecule has 0 unspecified atom stereocenters. The van der Waals surface area contributed by atoms with Crippen LogP contribution in [0.25, 0.3) is 0 Å². The lowest BCUT2D eigenvalue weighted by Gasteiger charge is -2.09. The Kier molecular flexibility index (Phi) is 2.64. The molecule has 1 nitrogen and oxygen atoms in total. The second kappa shape index (κ2) is 3.53. The van der Waals surface area contributed by atoms with Gasteiger partial charge >= 0.3 is 0 Å². The second-order valence-corrected chi connectivity index (χ2v) is 3.38. The average Bonchev–Trinajstić information content (AvgIpc) is 2.04. The molecule has 0 aliphatic rings. The molecule has 1 N–H and O–H groups in total. The molecule has 0 saturated heterocycles. The molecule has 1 aromatic rings. The van der Waals surface area contributed by atoms with E-state index in [1.165, 1.54) is 5.56 Å². The third-order valence-corrected chi connectivity index (χ3v) is 2.01. The van der Waals surface area contributed by atoms with E-state index in [1.54, 1.807) is 0 Å². The summed E-state index contributed by atoms with van der Waals surface area (Å²) in [5, 5.41) is 7.83. The fourth-order valence-corrected chi connectivity index (χ4v) is 1.19. The summed E-state index contributed by atoms with van der Waals surface area (Å²) in [7, 11) is 0. The monoisotopic (exact) mass is 161 g/mol. The fraction of sp³-hybridized carbons (Fsp3) is 0.364. The molecular formula is C11H15N. The number of benzene rings is 1. The minimum Gasteiger partial charge on any atom is -0.304 e. The summed E-state index contributed by atoms with van der Waals surface area (Å²) in [6, 6.07) is 8.05. The summed E-state index contributed by atoms with van der Waals surface area (Å²) in [6.07, 6.45) is 0. The first kappa shape index (κ1) is 8.98. The number of aryl methyl sites for hydroxylation is 1. The Balaban J connectivity index is 3.03. The molecule has 0 amide bonds. The van der Waals surface area contributed by atoms with E-state index in [4.69, 9.17) is 5.41 Å². The molecule has 1 heteroatoms. The summed E-state index contributed by atoms with van der Waals surface area (Å²) in [5.74, 6) is 0.311. The van der Waals surface area contributed by atoms with Crippen LogP contribution >= 0.6 is 0 Å². The average molecular weight is 161 g/mol. The van der Waals surface area contributed by atoms with Crippen molar-refractivity contribution in [3.63, 3.8) is 0 Å². The molecular weight excluding hydrogens is 146 g/mol. The maximum atomic E-state index is 7.83. The normalized spacial score (nSPS) is 10.3. The molecule has 1 rings (SSSR count). The SMILES string of the molecule is Cc1ccccc1C(=N)C(C)C. The molecule has 0 bridgehead atoms. The largest absolute Gasteiger partial charge is 0.304 e. The van der Waals surface area contributed by atoms with Gasteiger partial charge in [-0.25, -0.2) is 0 Å². The van der Waals surface area contributed by atoms with Gasteiger partial charge in [-0.1, -0.05) is 38.1 Å². The molecule has 12 heavy (non-hydrogen) atoms. The van der Waals surface area contributed by atoms with E-state index in [0.29, 0.717) is 5.92 Å². The van der Waals surface area contributed by atoms with Crippen LogP contribution in [0.5, 0.6) is 0 Å². The zero-order valence-electron chi connectivity index (χ0n) is 7.89. The Morgan fingerprint density at radius 3 is 2.33 bits per heavy atom. The maximum absolute atomic E-state index is 7.83. The van der Waals surface area contributed by atoms with Gasteiger partial charge in [-0.3, -0.25) is 0 Å². The van der Waals surface area contributed by atoms with Crippen molar-refractivity contribution in [2.45, 2.75) is 20.8 Å². The van der Waals surface area contributed by atoms with Crippen LogP contribution in [-0.2, 0) is 0 Å². The van der Waals surface area contributed by atoms with Crippen molar-refractivity contribution in [3.05, 3.63) is 35.4 Å². The van der Waals surface area contributed by atoms with E-state index in [9.17, 15) is 0 Å². The lowest BCUT2D eigenvalue weighted by molar-refractivity contribution is 0.876. The number of nitrogens with one attached hydrogen (secondary N) is 1. The van der Waals surface area contributed by atoms with Crippen molar-refractivity contribution in [2.75, 3.05) is 0 Å². The van der Waals surface area contributed by atoms with E-state index < -0.39 is 0 Å². The predicted molar refractivity (Wildman–Crippen MR) is 52.8 cm³/mol. The number of hydrogen-bond donors (Lipinski definition) is 1. The topological polar surface area (TPSA) is 23.9 Å². The minimum absolute atomic E-state index is 0.311. The number of rotatable bonds is 2. The van der Waals surface area contributed by atoms with Gasteiger partial charge in [0.15, 0.2) is 0 Å². The third-order valence-electron chi connectivity index (χ3n) is 2.01. The van der Waals surface area contributed by atoms with E-state index in [2.05, 4.69) is 13.8 Å². The second-order valence-electron chi connectivity index (χ2n) is 3.38. The van der Waals surface area contributed by atoms with Crippen LogP contribution < -0.4 is 0 Å². The van der Waals surface area contributed by atoms with Crippen LogP contribution in [0.3, 0.4) is 0 Å². The molecule has 0 spiro atoms. The number of hydrogen-bond acceptors (Lipinski definition) is 1. The molecule has 64 valence electrons. The van der Waals surface area contributed by atoms with Gasteiger partial charge < -0.3 is 5.41 Å². The van der Waals surface area contributed by atoms with Crippen molar-refractivity contribution < 1.29 is 0 Å². The Labute approximate surface area is 73.9 Å². The molecule has 0 radical (unpaired) electrons. The Morgan fingerprint density at radius 1 is 1.25 bits per heavy atom. The van der Waals surface area contributed by atoms with Crippen LogP contribution in [0.1, 0.15) is 25.0 Å². The zero-order chi connectivity index (χ0) is 9.14. The van der Waals surface area contributed by atoms with Gasteiger partial charge in [0.1, 0.15) is 0 Å². The molecule has 0 aliphatic carbocycles. The molecule has 1 aromatic carbocycles. The summed E-state index contributed by atoms with van der Waals surface area (Å²) < 4.78 is 0. The van der Waals surface area contributed by atoms with Crippen LogP contribution in [0.4, 0.5) is 0 Å². The summed E-state index contributed by atoms with van der Waals surface area (Å²) in [4.78, 5) is 0. The quantitative estimate of drug-likeness (QED) is 0.645. The lowest BCUT2D eigenvalue weighted by atomic mass is 9.96. The van der Waals surface area contributed by atoms with Gasteiger partial charge in [-0.2, -0.15) is 0 Å². The lowest BCUT2D eigenvalue weighted by Crippen LogP contribution is -2.08. The minimum atomic E-state index is 0.311. The maximum Gasteiger partial charge on any atom is 0.0414 e. The van der Waals surface area contributed by atoms with Gasteiger partial charge in [0.2, 0.25) is 0 Å². The van der Waals surface area contributed by atoms with Crippen LogP contribution in [-0.4, -0.2) is 5.71 Å². The van der Waals surface area contributed by atoms with E-state index in [1.807, 2.05) is 31.2 Å². The van der Waals surface area contributed by atoms with Crippen LogP contribution in [0, 0.1) is 18.3 Å². The van der Waals surface area contributed by atoms with Gasteiger partial charge in [-0.05, 0) is 24.0 Å². The van der Waals surface area contributed by atoms with Crippen molar-refractivity contribution in [2.24, 2.45) is 5.92 Å². The van der Waals surface area contributed by atoms with E-state index in [-0.39, 0.29) is 0 Å². The Bertz CT molecular complexity index is 287. The zero-order valence-corrected chi connectivity index (χ0v) is 7.89. The highest BCUT2D eigenvalue weighted by molar-refractivity contribution is 6.00. The Hall–Kier alpha value is -1.11. The van der Waals surface area contributed by atoms with Gasteiger partial charge in [0.25, 0.3) is 0 Å². The van der Waals surface area contributed by atoms with E-state index >= 15 is 0 Å². The molecule has 0 fully saturated rings. The van der Waals surface area contributed by atoms with E-state index in [0.717, 1.165) is 11.3 Å². The van der Waals surface area contributed by atoms with Crippen molar-refractivity contribution in [1.29, 1.82) is 5.41 Å². The first-order chi connectivity index (χ1) is 5.63. The molecule has 0 aliphatic heterocycles. The first-order valence-corrected chi connectivity index (χ1v) is 4.27. The van der Waals surface area contributed by atoms with Gasteiger partial charge in [0, 0.05) is 5.71 Å². The highest BCUT2D eigenvalue weighted by atomic mass is 14.4. The first-order valence-electron chi connectivity index (χ1n) is 4.27. The van der Waals surface area contributed by atoms with Crippen molar-refractivity contribution in [3.8, 4) is 0 Å². The third kappa shape index (κ3) is 1.73. The molecule has 0 aromatic heterocycles. The van der Waals surface area contributed by atoms with Crippen molar-refractivity contribution >= 4 is 5.71 Å². The van der Waals surface area contributed by atoms with Gasteiger partial charge in [-0.15, -0.1) is 0 Å². The van der Waals surface area contributed by atoms with Crippen molar-refractivity contribution in [1.82, 2.24) is 0 Å². The molecule has 0 heterocycles. The van der Waals surface area contributed by atoms with Crippen LogP contribution in [0.15, 0.2) is 24.3 Å². The standard InChI is InChI=1S/C11H15N/c1-8(2)11(12)10-7-5-4-6-9(10)3/h4-8,12H,1-3H3. The van der Waals surface area contributed by atoms with Crippen LogP contribution in [0.2, 0.25) is 0 Å².